The van der Waals surface area contributed by atoms with E-state index in [4.69, 9.17) is 4.74 Å². The molecule has 1 spiro atoms. The van der Waals surface area contributed by atoms with Crippen LogP contribution < -0.4 is 0 Å². The molecule has 0 bridgehead atoms. The number of fused-ring (bicyclic) bond motifs is 2. The summed E-state index contributed by atoms with van der Waals surface area (Å²) in [4.78, 5) is 12.0. The zero-order valence-electron chi connectivity index (χ0n) is 16.9. The molecule has 4 aliphatic carbocycles. The van der Waals surface area contributed by atoms with E-state index in [1.54, 1.807) is 0 Å². The molecule has 0 aromatic heterocycles. The van der Waals surface area contributed by atoms with Gasteiger partial charge in [0.05, 0.1) is 12.7 Å². The number of carbonyl (C=O) groups excluding carboxylic acids is 1. The molecule has 2 N–H and O–H groups in total. The average molecular weight is 365 g/mol. The van der Waals surface area contributed by atoms with Crippen LogP contribution in [0.4, 0.5) is 0 Å². The predicted octanol–water partition coefficient (Wildman–Crippen LogP) is 3.68. The highest BCUT2D eigenvalue weighted by atomic mass is 16.5. The molecule has 4 fully saturated rings. The third kappa shape index (κ3) is 2.30. The van der Waals surface area contributed by atoms with E-state index < -0.39 is 6.10 Å². The van der Waals surface area contributed by atoms with E-state index in [0.29, 0.717) is 29.1 Å². The highest BCUT2D eigenvalue weighted by Gasteiger charge is 2.75. The van der Waals surface area contributed by atoms with Gasteiger partial charge in [0.2, 0.25) is 0 Å². The van der Waals surface area contributed by atoms with Crippen LogP contribution >= 0.6 is 0 Å². The number of ether oxygens (including phenoxy) is 1. The molecule has 0 aromatic rings. The lowest BCUT2D eigenvalue weighted by molar-refractivity contribution is -0.210. The Bertz CT molecular complexity index is 605. The van der Waals surface area contributed by atoms with Crippen LogP contribution in [0.1, 0.15) is 79.1 Å². The molecule has 4 rings (SSSR count). The van der Waals surface area contributed by atoms with Gasteiger partial charge in [0.15, 0.2) is 0 Å². The van der Waals surface area contributed by atoms with Crippen molar-refractivity contribution >= 4 is 5.97 Å². The minimum absolute atomic E-state index is 0.00319. The van der Waals surface area contributed by atoms with Crippen LogP contribution in [-0.4, -0.2) is 35.0 Å². The van der Waals surface area contributed by atoms with Gasteiger partial charge in [-0.25, -0.2) is 0 Å². The lowest BCUT2D eigenvalue weighted by Gasteiger charge is -2.62. The van der Waals surface area contributed by atoms with E-state index in [1.807, 2.05) is 0 Å². The van der Waals surface area contributed by atoms with E-state index in [0.717, 1.165) is 12.8 Å². The average Bonchev–Trinajstić information content (AvgIpc) is 3.20. The van der Waals surface area contributed by atoms with Crippen molar-refractivity contribution in [1.82, 2.24) is 0 Å². The molecule has 4 heteroatoms. The Balaban J connectivity index is 1.72. The normalized spacial score (nSPS) is 53.7. The van der Waals surface area contributed by atoms with Crippen molar-refractivity contribution in [3.63, 3.8) is 0 Å². The van der Waals surface area contributed by atoms with Gasteiger partial charge < -0.3 is 14.9 Å². The van der Waals surface area contributed by atoms with E-state index >= 15 is 0 Å². The predicted molar refractivity (Wildman–Crippen MR) is 99.3 cm³/mol. The molecule has 0 heterocycles. The fraction of sp³-hybridized carbons (Fsp3) is 0.955. The van der Waals surface area contributed by atoms with E-state index in [9.17, 15) is 15.0 Å². The van der Waals surface area contributed by atoms with Crippen molar-refractivity contribution in [2.75, 3.05) is 6.61 Å². The summed E-state index contributed by atoms with van der Waals surface area (Å²) >= 11 is 0. The number of esters is 1. The first-order chi connectivity index (χ1) is 12.1. The summed E-state index contributed by atoms with van der Waals surface area (Å²) in [5.41, 5.74) is 0.566. The van der Waals surface area contributed by atoms with Crippen LogP contribution in [0.5, 0.6) is 0 Å². The highest BCUT2D eigenvalue weighted by molar-refractivity contribution is 5.66. The highest BCUT2D eigenvalue weighted by Crippen LogP contribution is 2.82. The Morgan fingerprint density at radius 2 is 1.92 bits per heavy atom. The molecular weight excluding hydrogens is 328 g/mol. The molecule has 4 nitrogen and oxygen atoms in total. The van der Waals surface area contributed by atoms with Crippen LogP contribution in [0.3, 0.4) is 0 Å². The summed E-state index contributed by atoms with van der Waals surface area (Å²) in [6.07, 6.45) is 8.35. The second-order valence-corrected chi connectivity index (χ2v) is 10.8. The molecule has 0 saturated heterocycles. The van der Waals surface area contributed by atoms with Crippen molar-refractivity contribution in [1.29, 1.82) is 0 Å². The Hall–Kier alpha value is -0.610. The van der Waals surface area contributed by atoms with Gasteiger partial charge in [0, 0.05) is 12.3 Å². The summed E-state index contributed by atoms with van der Waals surface area (Å²) in [5.74, 6) is 0.852. The second-order valence-electron chi connectivity index (χ2n) is 10.8. The molecule has 0 amide bonds. The molecular formula is C22H36O4. The van der Waals surface area contributed by atoms with Crippen molar-refractivity contribution in [3.05, 3.63) is 0 Å². The molecule has 8 atom stereocenters. The summed E-state index contributed by atoms with van der Waals surface area (Å²) in [5, 5.41) is 20.1. The maximum absolute atomic E-state index is 12.0. The van der Waals surface area contributed by atoms with Crippen LogP contribution in [0.25, 0.3) is 0 Å². The van der Waals surface area contributed by atoms with Crippen LogP contribution in [0.2, 0.25) is 0 Å². The number of rotatable bonds is 3. The van der Waals surface area contributed by atoms with Crippen molar-refractivity contribution < 1.29 is 19.7 Å². The van der Waals surface area contributed by atoms with Gasteiger partial charge in [0.25, 0.3) is 0 Å². The van der Waals surface area contributed by atoms with Crippen molar-refractivity contribution in [2.45, 2.75) is 91.3 Å². The third-order valence-corrected chi connectivity index (χ3v) is 9.58. The number of aliphatic hydroxyl groups excluding tert-OH is 2. The Morgan fingerprint density at radius 1 is 1.19 bits per heavy atom. The van der Waals surface area contributed by atoms with Gasteiger partial charge in [-0.3, -0.25) is 4.79 Å². The van der Waals surface area contributed by atoms with Gasteiger partial charge in [-0.15, -0.1) is 0 Å². The van der Waals surface area contributed by atoms with Crippen molar-refractivity contribution in [2.24, 2.45) is 33.5 Å². The van der Waals surface area contributed by atoms with Crippen LogP contribution in [0.15, 0.2) is 0 Å². The molecule has 4 saturated carbocycles. The van der Waals surface area contributed by atoms with Crippen LogP contribution in [-0.2, 0) is 9.53 Å². The first kappa shape index (κ1) is 18.7. The van der Waals surface area contributed by atoms with Gasteiger partial charge >= 0.3 is 5.97 Å². The second kappa shape index (κ2) is 5.70. The molecule has 148 valence electrons. The fourth-order valence-corrected chi connectivity index (χ4v) is 7.96. The number of hydrogen-bond donors (Lipinski definition) is 2. The zero-order valence-corrected chi connectivity index (χ0v) is 16.9. The van der Waals surface area contributed by atoms with E-state index in [2.05, 4.69) is 20.8 Å². The summed E-state index contributed by atoms with van der Waals surface area (Å²) < 4.78 is 5.97. The number of hydrogen-bond acceptors (Lipinski definition) is 4. The Kier molecular flexibility index (Phi) is 4.11. The van der Waals surface area contributed by atoms with E-state index in [-0.39, 0.29) is 29.5 Å². The number of aliphatic hydroxyl groups is 2. The molecule has 0 aromatic carbocycles. The molecule has 26 heavy (non-hydrogen) atoms. The van der Waals surface area contributed by atoms with Crippen LogP contribution in [0, 0.1) is 33.5 Å². The first-order valence-electron chi connectivity index (χ1n) is 10.6. The maximum Gasteiger partial charge on any atom is 0.302 e. The summed E-state index contributed by atoms with van der Waals surface area (Å²) in [6, 6.07) is 0. The minimum atomic E-state index is -0.751. The topological polar surface area (TPSA) is 66.8 Å². The smallest absolute Gasteiger partial charge is 0.302 e. The third-order valence-electron chi connectivity index (χ3n) is 9.58. The summed E-state index contributed by atoms with van der Waals surface area (Å²) in [6.45, 7) is 8.21. The Morgan fingerprint density at radius 3 is 2.58 bits per heavy atom. The van der Waals surface area contributed by atoms with E-state index in [1.165, 1.54) is 39.0 Å². The summed E-state index contributed by atoms with van der Waals surface area (Å²) in [7, 11) is 0. The molecule has 0 radical (unpaired) electrons. The van der Waals surface area contributed by atoms with Gasteiger partial charge in [-0.2, -0.15) is 0 Å². The SMILES string of the molecule is CC(=O)O[C@@H]1C[C@](C)([C@H](O)CO)C[C@@H]2CC[C@@]34C[C@]3(C)CCC[C@@H]4[C@]21C. The molecule has 4 aliphatic rings. The minimum Gasteiger partial charge on any atom is -0.462 e. The standard InChI is InChI=1S/C22H36O4/c1-14(24)26-18-11-19(2,17(25)12-23)10-15-7-9-22-13-20(22,3)8-5-6-16(22)21(15,18)4/h15-18,23,25H,5-13H2,1-4H3/t15-,16+,17+,18+,19+,20-,21-,22-/m0/s1. The maximum atomic E-state index is 12.0. The lowest BCUT2D eigenvalue weighted by Crippen LogP contribution is -2.61. The van der Waals surface area contributed by atoms with Gasteiger partial charge in [-0.1, -0.05) is 27.2 Å². The fourth-order valence-electron chi connectivity index (χ4n) is 7.96. The monoisotopic (exact) mass is 364 g/mol. The first-order valence-corrected chi connectivity index (χ1v) is 10.6. The largest absolute Gasteiger partial charge is 0.462 e. The Labute approximate surface area is 157 Å². The zero-order chi connectivity index (χ0) is 19.0. The number of carbonyl (C=O) groups is 1. The van der Waals surface area contributed by atoms with Gasteiger partial charge in [-0.05, 0) is 73.0 Å². The van der Waals surface area contributed by atoms with Gasteiger partial charge in [0.1, 0.15) is 6.10 Å². The quantitative estimate of drug-likeness (QED) is 0.750. The lowest BCUT2D eigenvalue weighted by atomic mass is 9.43. The van der Waals surface area contributed by atoms with Crippen molar-refractivity contribution in [3.8, 4) is 0 Å². The molecule has 0 aliphatic heterocycles. The molecule has 0 unspecified atom stereocenters.